The molecule has 0 spiro atoms. The molecule has 70 valence electrons. The summed E-state index contributed by atoms with van der Waals surface area (Å²) in [7, 11) is 0. The maximum Gasteiger partial charge on any atom is 0.0734 e. The molecule has 2 nitrogen and oxygen atoms in total. The summed E-state index contributed by atoms with van der Waals surface area (Å²) in [6.45, 7) is 5.08. The van der Waals surface area contributed by atoms with Gasteiger partial charge in [-0.3, -0.25) is 0 Å². The van der Waals surface area contributed by atoms with Crippen LogP contribution in [0, 0.1) is 0 Å². The zero-order chi connectivity index (χ0) is 8.65. The first-order chi connectivity index (χ1) is 5.93. The van der Waals surface area contributed by atoms with Gasteiger partial charge in [0.1, 0.15) is 0 Å². The fourth-order valence-electron chi connectivity index (χ4n) is 1.30. The number of hydrogen-bond acceptors (Lipinski definition) is 2. The summed E-state index contributed by atoms with van der Waals surface area (Å²) in [4.78, 5) is 0. The van der Waals surface area contributed by atoms with Gasteiger partial charge >= 0.3 is 0 Å². The second kappa shape index (κ2) is 6.21. The first kappa shape index (κ1) is 9.75. The Bertz CT molecular complexity index is 128. The lowest BCUT2D eigenvalue weighted by molar-refractivity contribution is 0.0308. The molecule has 0 saturated carbocycles. The topological polar surface area (TPSA) is 21.3 Å². The number of nitrogens with one attached hydrogen (secondary N) is 1. The van der Waals surface area contributed by atoms with Crippen LogP contribution < -0.4 is 5.32 Å². The van der Waals surface area contributed by atoms with E-state index in [-0.39, 0.29) is 0 Å². The van der Waals surface area contributed by atoms with Gasteiger partial charge in [-0.25, -0.2) is 0 Å². The third-order valence-corrected chi connectivity index (χ3v) is 2.03. The fourth-order valence-corrected chi connectivity index (χ4v) is 1.30. The molecule has 0 aromatic carbocycles. The Morgan fingerprint density at radius 2 is 2.42 bits per heavy atom. The third-order valence-electron chi connectivity index (χ3n) is 2.03. The molecule has 1 aliphatic heterocycles. The van der Waals surface area contributed by atoms with E-state index in [1.165, 1.54) is 12.8 Å². The number of morpholine rings is 1. The summed E-state index contributed by atoms with van der Waals surface area (Å²) in [5, 5.41) is 3.32. The number of unbranched alkanes of at least 4 members (excludes halogenated alkanes) is 1. The number of rotatable bonds is 4. The normalized spacial score (nSPS) is 24.9. The van der Waals surface area contributed by atoms with Gasteiger partial charge in [0.25, 0.3) is 0 Å². The molecule has 1 fully saturated rings. The molecule has 1 heterocycles. The molecule has 1 rings (SSSR count). The lowest BCUT2D eigenvalue weighted by atomic mass is 10.2. The van der Waals surface area contributed by atoms with E-state index >= 15 is 0 Å². The van der Waals surface area contributed by atoms with E-state index in [9.17, 15) is 0 Å². The molecule has 0 bridgehead atoms. The summed E-state index contributed by atoms with van der Waals surface area (Å²) < 4.78 is 5.54. The molecule has 2 heteroatoms. The summed E-state index contributed by atoms with van der Waals surface area (Å²) in [5.74, 6) is 0. The smallest absolute Gasteiger partial charge is 0.0734 e. The summed E-state index contributed by atoms with van der Waals surface area (Å²) in [6.07, 6.45) is 8.39. The zero-order valence-electron chi connectivity index (χ0n) is 7.88. The van der Waals surface area contributed by atoms with E-state index in [0.29, 0.717) is 6.10 Å². The average molecular weight is 169 g/mol. The van der Waals surface area contributed by atoms with Crippen LogP contribution in [0.25, 0.3) is 0 Å². The molecular formula is C10H19NO. The van der Waals surface area contributed by atoms with Crippen molar-refractivity contribution in [3.63, 3.8) is 0 Å². The Labute approximate surface area is 75.0 Å². The van der Waals surface area contributed by atoms with Crippen molar-refractivity contribution in [3.8, 4) is 0 Å². The molecule has 1 aliphatic rings. The summed E-state index contributed by atoms with van der Waals surface area (Å²) in [5.41, 5.74) is 0. The highest BCUT2D eigenvalue weighted by Crippen LogP contribution is 2.02. The Balaban J connectivity index is 2.04. The minimum atomic E-state index is 0.409. The van der Waals surface area contributed by atoms with E-state index in [0.717, 1.165) is 26.1 Å². The summed E-state index contributed by atoms with van der Waals surface area (Å²) >= 11 is 0. The standard InChI is InChI=1S/C10H19NO/c1-2-3-4-5-6-10-9-11-7-8-12-10/h4-5,10-11H,2-3,6-9H2,1H3. The molecule has 0 aliphatic carbocycles. The van der Waals surface area contributed by atoms with E-state index in [2.05, 4.69) is 24.4 Å². The van der Waals surface area contributed by atoms with Gasteiger partial charge in [-0.2, -0.15) is 0 Å². The van der Waals surface area contributed by atoms with Crippen LogP contribution in [0.4, 0.5) is 0 Å². The van der Waals surface area contributed by atoms with Gasteiger partial charge in [-0.05, 0) is 12.8 Å². The van der Waals surface area contributed by atoms with E-state index < -0.39 is 0 Å². The Kier molecular flexibility index (Phi) is 5.04. The molecule has 1 saturated heterocycles. The van der Waals surface area contributed by atoms with E-state index in [4.69, 9.17) is 4.74 Å². The predicted octanol–water partition coefficient (Wildman–Crippen LogP) is 1.72. The zero-order valence-corrected chi connectivity index (χ0v) is 7.88. The first-order valence-electron chi connectivity index (χ1n) is 4.90. The van der Waals surface area contributed by atoms with Crippen LogP contribution in [-0.4, -0.2) is 25.8 Å². The molecule has 1 N–H and O–H groups in total. The largest absolute Gasteiger partial charge is 0.375 e. The maximum atomic E-state index is 5.54. The Hall–Kier alpha value is -0.340. The van der Waals surface area contributed by atoms with Gasteiger partial charge in [-0.15, -0.1) is 0 Å². The van der Waals surface area contributed by atoms with Crippen molar-refractivity contribution in [3.05, 3.63) is 12.2 Å². The SMILES string of the molecule is CCCC=CCC1CNCCO1. The maximum absolute atomic E-state index is 5.54. The quantitative estimate of drug-likeness (QED) is 0.647. The molecule has 0 aromatic heterocycles. The molecule has 0 radical (unpaired) electrons. The number of hydrogen-bond donors (Lipinski definition) is 1. The van der Waals surface area contributed by atoms with Crippen LogP contribution in [0.3, 0.4) is 0 Å². The Morgan fingerprint density at radius 3 is 3.08 bits per heavy atom. The predicted molar refractivity (Wildman–Crippen MR) is 51.3 cm³/mol. The van der Waals surface area contributed by atoms with Crippen LogP contribution in [0.15, 0.2) is 12.2 Å². The van der Waals surface area contributed by atoms with E-state index in [1.807, 2.05) is 0 Å². The van der Waals surface area contributed by atoms with Gasteiger partial charge in [-0.1, -0.05) is 25.5 Å². The second-order valence-corrected chi connectivity index (χ2v) is 3.19. The van der Waals surface area contributed by atoms with Crippen molar-refractivity contribution in [2.75, 3.05) is 19.7 Å². The fraction of sp³-hybridized carbons (Fsp3) is 0.800. The van der Waals surface area contributed by atoms with Crippen LogP contribution >= 0.6 is 0 Å². The number of allylic oxidation sites excluding steroid dienone is 1. The van der Waals surface area contributed by atoms with Gasteiger partial charge in [0.2, 0.25) is 0 Å². The molecule has 0 aromatic rings. The lowest BCUT2D eigenvalue weighted by Gasteiger charge is -2.22. The monoisotopic (exact) mass is 169 g/mol. The van der Waals surface area contributed by atoms with Crippen molar-refractivity contribution in [2.45, 2.75) is 32.3 Å². The van der Waals surface area contributed by atoms with Crippen molar-refractivity contribution in [2.24, 2.45) is 0 Å². The van der Waals surface area contributed by atoms with Gasteiger partial charge in [0.15, 0.2) is 0 Å². The highest BCUT2D eigenvalue weighted by Gasteiger charge is 2.10. The molecular weight excluding hydrogens is 150 g/mol. The van der Waals surface area contributed by atoms with Gasteiger partial charge in [0.05, 0.1) is 12.7 Å². The average Bonchev–Trinajstić information content (AvgIpc) is 2.14. The molecule has 1 unspecified atom stereocenters. The molecule has 12 heavy (non-hydrogen) atoms. The highest BCUT2D eigenvalue weighted by molar-refractivity contribution is 4.85. The third kappa shape index (κ3) is 3.88. The van der Waals surface area contributed by atoms with Crippen LogP contribution in [0.5, 0.6) is 0 Å². The van der Waals surface area contributed by atoms with Crippen molar-refractivity contribution in [1.29, 1.82) is 0 Å². The van der Waals surface area contributed by atoms with Crippen LogP contribution in [0.1, 0.15) is 26.2 Å². The molecule has 0 amide bonds. The lowest BCUT2D eigenvalue weighted by Crippen LogP contribution is -2.38. The number of ether oxygens (including phenoxy) is 1. The minimum absolute atomic E-state index is 0.409. The van der Waals surface area contributed by atoms with Crippen molar-refractivity contribution >= 4 is 0 Å². The Morgan fingerprint density at radius 1 is 1.50 bits per heavy atom. The van der Waals surface area contributed by atoms with Crippen LogP contribution in [-0.2, 0) is 4.74 Å². The van der Waals surface area contributed by atoms with Crippen molar-refractivity contribution < 1.29 is 4.74 Å². The summed E-state index contributed by atoms with van der Waals surface area (Å²) in [6, 6.07) is 0. The van der Waals surface area contributed by atoms with Crippen molar-refractivity contribution in [1.82, 2.24) is 5.32 Å². The molecule has 1 atom stereocenters. The van der Waals surface area contributed by atoms with Gasteiger partial charge < -0.3 is 10.1 Å². The highest BCUT2D eigenvalue weighted by atomic mass is 16.5. The second-order valence-electron chi connectivity index (χ2n) is 3.19. The minimum Gasteiger partial charge on any atom is -0.375 e. The first-order valence-corrected chi connectivity index (χ1v) is 4.90. The van der Waals surface area contributed by atoms with Crippen LogP contribution in [0.2, 0.25) is 0 Å². The van der Waals surface area contributed by atoms with Gasteiger partial charge in [0, 0.05) is 13.1 Å². The van der Waals surface area contributed by atoms with E-state index in [1.54, 1.807) is 0 Å².